The predicted octanol–water partition coefficient (Wildman–Crippen LogP) is 2.16. The van der Waals surface area contributed by atoms with E-state index < -0.39 is 16.0 Å². The molecule has 1 aromatic rings. The van der Waals surface area contributed by atoms with Crippen LogP contribution in [0.25, 0.3) is 0 Å². The summed E-state index contributed by atoms with van der Waals surface area (Å²) >= 11 is 0. The molecule has 1 saturated heterocycles. The van der Waals surface area contributed by atoms with Crippen LogP contribution in [-0.2, 0) is 14.9 Å². The Bertz CT molecular complexity index is 756. The summed E-state index contributed by atoms with van der Waals surface area (Å²) in [5.41, 5.74) is 0.333. The number of benzene rings is 1. The second kappa shape index (κ2) is 7.95. The third-order valence-corrected chi connectivity index (χ3v) is 4.60. The number of rotatable bonds is 4. The second-order valence-corrected chi connectivity index (χ2v) is 6.98. The van der Waals surface area contributed by atoms with Crippen molar-refractivity contribution in [2.45, 2.75) is 30.6 Å². The molecule has 0 spiro atoms. The zero-order valence-electron chi connectivity index (χ0n) is 13.1. The van der Waals surface area contributed by atoms with Gasteiger partial charge in [-0.25, -0.2) is 0 Å². The molecule has 0 atom stereocenters. The van der Waals surface area contributed by atoms with E-state index in [9.17, 15) is 18.5 Å². The Morgan fingerprint density at radius 2 is 1.75 bits per heavy atom. The first-order valence-corrected chi connectivity index (χ1v) is 9.09. The molecule has 0 bridgehead atoms. The predicted molar refractivity (Wildman–Crippen MR) is 88.6 cm³/mol. The molecule has 8 heteroatoms. The van der Waals surface area contributed by atoms with E-state index in [1.165, 1.54) is 24.3 Å². The Morgan fingerprint density at radius 3 is 2.25 bits per heavy atom. The van der Waals surface area contributed by atoms with Gasteiger partial charge in [0, 0.05) is 25.0 Å². The highest BCUT2D eigenvalue weighted by atomic mass is 32.2. The minimum atomic E-state index is -4.27. The van der Waals surface area contributed by atoms with Crippen molar-refractivity contribution in [1.82, 2.24) is 4.90 Å². The van der Waals surface area contributed by atoms with Crippen molar-refractivity contribution < 1.29 is 17.8 Å². The summed E-state index contributed by atoms with van der Waals surface area (Å²) in [7, 11) is -4.27. The van der Waals surface area contributed by atoms with Crippen LogP contribution < -0.4 is 5.32 Å². The summed E-state index contributed by atoms with van der Waals surface area (Å²) < 4.78 is 30.9. The number of hydrogen-bond acceptors (Lipinski definition) is 5. The highest BCUT2D eigenvalue weighted by Crippen LogP contribution is 2.15. The quantitative estimate of drug-likeness (QED) is 0.489. The molecular weight excluding hydrogens is 330 g/mol. The van der Waals surface area contributed by atoms with Crippen molar-refractivity contribution in [2.75, 3.05) is 18.4 Å². The van der Waals surface area contributed by atoms with Gasteiger partial charge in [0.25, 0.3) is 16.0 Å². The standard InChI is InChI=1S/C16H19N3O4S/c17-11-13(12-19-9-3-1-2-4-10-19)16(20)18-14-5-7-15(8-6-14)24(21,22)23/h5-8,12H,1-4,9-10H2,(H,18,20)(H,21,22,23)/b13-12-. The number of amides is 1. The SMILES string of the molecule is N#C/C(=C/N1CCCCCC1)C(=O)Nc1ccc(S(=O)(=O)O)cc1. The lowest BCUT2D eigenvalue weighted by atomic mass is 10.2. The molecule has 1 aliphatic rings. The van der Waals surface area contributed by atoms with Crippen LogP contribution in [0.15, 0.2) is 40.9 Å². The first-order chi connectivity index (χ1) is 11.4. The Balaban J connectivity index is 2.07. The van der Waals surface area contributed by atoms with E-state index in [4.69, 9.17) is 4.55 Å². The average molecular weight is 349 g/mol. The molecule has 1 heterocycles. The van der Waals surface area contributed by atoms with E-state index in [-0.39, 0.29) is 10.5 Å². The molecule has 1 fully saturated rings. The lowest BCUT2D eigenvalue weighted by Gasteiger charge is -2.17. The van der Waals surface area contributed by atoms with Crippen molar-refractivity contribution in [2.24, 2.45) is 0 Å². The van der Waals surface area contributed by atoms with Gasteiger partial charge in [0.2, 0.25) is 0 Å². The fourth-order valence-corrected chi connectivity index (χ4v) is 2.93. The van der Waals surface area contributed by atoms with Gasteiger partial charge in [-0.1, -0.05) is 12.8 Å². The minimum Gasteiger partial charge on any atom is -0.376 e. The number of nitrogens with zero attached hydrogens (tertiary/aromatic N) is 2. The van der Waals surface area contributed by atoms with E-state index in [0.29, 0.717) is 5.69 Å². The van der Waals surface area contributed by atoms with Crippen LogP contribution in [0.1, 0.15) is 25.7 Å². The normalized spacial score (nSPS) is 16.2. The largest absolute Gasteiger partial charge is 0.376 e. The van der Waals surface area contributed by atoms with Crippen molar-refractivity contribution >= 4 is 21.7 Å². The number of likely N-dealkylation sites (tertiary alicyclic amines) is 1. The summed E-state index contributed by atoms with van der Waals surface area (Å²) in [5.74, 6) is -0.554. The second-order valence-electron chi connectivity index (χ2n) is 5.56. The fraction of sp³-hybridized carbons (Fsp3) is 0.375. The highest BCUT2D eigenvalue weighted by Gasteiger charge is 2.14. The lowest BCUT2D eigenvalue weighted by molar-refractivity contribution is -0.112. The van der Waals surface area contributed by atoms with Gasteiger partial charge in [-0.15, -0.1) is 0 Å². The maximum Gasteiger partial charge on any atom is 0.294 e. The maximum absolute atomic E-state index is 12.2. The monoisotopic (exact) mass is 349 g/mol. The molecular formula is C16H19N3O4S. The number of carbonyl (C=O) groups is 1. The first kappa shape index (κ1) is 18.0. The smallest absolute Gasteiger partial charge is 0.294 e. The zero-order valence-corrected chi connectivity index (χ0v) is 13.9. The minimum absolute atomic E-state index is 0.00393. The number of nitrogens with one attached hydrogen (secondary N) is 1. The van der Waals surface area contributed by atoms with Crippen LogP contribution in [0.2, 0.25) is 0 Å². The van der Waals surface area contributed by atoms with Gasteiger partial charge < -0.3 is 10.2 Å². The van der Waals surface area contributed by atoms with Crippen LogP contribution in [0.5, 0.6) is 0 Å². The third-order valence-electron chi connectivity index (χ3n) is 3.73. The van der Waals surface area contributed by atoms with Crippen LogP contribution in [0, 0.1) is 11.3 Å². The van der Waals surface area contributed by atoms with Gasteiger partial charge >= 0.3 is 0 Å². The van der Waals surface area contributed by atoms with E-state index in [2.05, 4.69) is 5.32 Å². The van der Waals surface area contributed by atoms with E-state index in [1.807, 2.05) is 11.0 Å². The van der Waals surface area contributed by atoms with Crippen molar-refractivity contribution in [1.29, 1.82) is 5.26 Å². The third kappa shape index (κ3) is 5.08. The molecule has 0 saturated carbocycles. The fourth-order valence-electron chi connectivity index (χ4n) is 2.45. The molecule has 0 aromatic heterocycles. The summed E-state index contributed by atoms with van der Waals surface area (Å²) in [6.45, 7) is 1.64. The Morgan fingerprint density at radius 1 is 1.17 bits per heavy atom. The van der Waals surface area contributed by atoms with Crippen LogP contribution >= 0.6 is 0 Å². The summed E-state index contributed by atoms with van der Waals surface area (Å²) in [5, 5.41) is 11.8. The molecule has 0 radical (unpaired) electrons. The van der Waals surface area contributed by atoms with Crippen molar-refractivity contribution in [3.63, 3.8) is 0 Å². The van der Waals surface area contributed by atoms with Gasteiger partial charge in [0.05, 0.1) is 4.90 Å². The van der Waals surface area contributed by atoms with E-state index in [0.717, 1.165) is 38.8 Å². The number of nitriles is 1. The summed E-state index contributed by atoms with van der Waals surface area (Å²) in [6, 6.07) is 6.95. The molecule has 24 heavy (non-hydrogen) atoms. The number of hydrogen-bond donors (Lipinski definition) is 2. The molecule has 1 amide bonds. The Kier molecular flexibility index (Phi) is 5.95. The molecule has 1 aliphatic heterocycles. The molecule has 2 N–H and O–H groups in total. The molecule has 0 unspecified atom stereocenters. The number of anilines is 1. The molecule has 7 nitrogen and oxygen atoms in total. The van der Waals surface area contributed by atoms with Crippen LogP contribution in [-0.4, -0.2) is 36.9 Å². The molecule has 128 valence electrons. The first-order valence-electron chi connectivity index (χ1n) is 7.65. The molecule has 2 rings (SSSR count). The lowest BCUT2D eigenvalue weighted by Crippen LogP contribution is -2.22. The van der Waals surface area contributed by atoms with Crippen molar-refractivity contribution in [3.05, 3.63) is 36.0 Å². The maximum atomic E-state index is 12.2. The van der Waals surface area contributed by atoms with Gasteiger partial charge in [-0.05, 0) is 37.1 Å². The average Bonchev–Trinajstić information content (AvgIpc) is 2.80. The van der Waals surface area contributed by atoms with Crippen molar-refractivity contribution in [3.8, 4) is 6.07 Å². The van der Waals surface area contributed by atoms with E-state index in [1.54, 1.807) is 6.20 Å². The molecule has 1 aromatic carbocycles. The Hall–Kier alpha value is -2.37. The number of carbonyl (C=O) groups excluding carboxylic acids is 1. The van der Waals surface area contributed by atoms with Gasteiger partial charge in [-0.3, -0.25) is 9.35 Å². The van der Waals surface area contributed by atoms with Gasteiger partial charge in [0.15, 0.2) is 0 Å². The van der Waals surface area contributed by atoms with E-state index >= 15 is 0 Å². The van der Waals surface area contributed by atoms with Crippen LogP contribution in [0.4, 0.5) is 5.69 Å². The topological polar surface area (TPSA) is 111 Å². The summed E-state index contributed by atoms with van der Waals surface area (Å²) in [4.78, 5) is 13.9. The highest BCUT2D eigenvalue weighted by molar-refractivity contribution is 7.85. The molecule has 0 aliphatic carbocycles. The summed E-state index contributed by atoms with van der Waals surface area (Å²) in [6.07, 6.45) is 5.95. The van der Waals surface area contributed by atoms with Gasteiger partial charge in [0.1, 0.15) is 11.6 Å². The zero-order chi connectivity index (χ0) is 17.6. The van der Waals surface area contributed by atoms with Gasteiger partial charge in [-0.2, -0.15) is 13.7 Å². The van der Waals surface area contributed by atoms with Crippen LogP contribution in [0.3, 0.4) is 0 Å². The Labute approximate surface area is 141 Å².